The number of benzene rings is 1. The molecule has 7 nitrogen and oxygen atoms in total. The number of unbranched alkanes of at least 4 members (excludes halogenated alkanes) is 1. The highest BCUT2D eigenvalue weighted by molar-refractivity contribution is 7.80. The number of aliphatic imine (C=N–C) groups is 2. The summed E-state index contributed by atoms with van der Waals surface area (Å²) in [5, 5.41) is 9.16. The number of hydrogen-bond donors (Lipinski definition) is 3. The number of carbonyl (C=O) groups is 1. The molecule has 8 heteroatoms. The highest BCUT2D eigenvalue weighted by Gasteiger charge is 2.21. The van der Waals surface area contributed by atoms with Gasteiger partial charge in [0.2, 0.25) is 5.96 Å². The van der Waals surface area contributed by atoms with Crippen LogP contribution in [0.5, 0.6) is 0 Å². The lowest BCUT2D eigenvalue weighted by molar-refractivity contribution is 0.237. The van der Waals surface area contributed by atoms with E-state index in [1.54, 1.807) is 7.05 Å². The van der Waals surface area contributed by atoms with Crippen LogP contribution in [-0.2, 0) is 0 Å². The van der Waals surface area contributed by atoms with E-state index in [9.17, 15) is 4.79 Å². The molecule has 3 N–H and O–H groups in total. The topological polar surface area (TPSA) is 81.1 Å². The summed E-state index contributed by atoms with van der Waals surface area (Å²) >= 11 is 5.35. The van der Waals surface area contributed by atoms with Crippen molar-refractivity contribution in [1.82, 2.24) is 15.5 Å². The fourth-order valence-electron chi connectivity index (χ4n) is 3.95. The van der Waals surface area contributed by atoms with Crippen LogP contribution in [-0.4, -0.2) is 54.9 Å². The van der Waals surface area contributed by atoms with Crippen molar-refractivity contribution in [2.75, 3.05) is 32.0 Å². The molecule has 0 atom stereocenters. The maximum Gasteiger partial charge on any atom is 0.321 e. The van der Waals surface area contributed by atoms with Crippen LogP contribution in [0.2, 0.25) is 0 Å². The fraction of sp³-hybridized carbons (Fsp3) is 0.600. The maximum absolute atomic E-state index is 12.3. The first-order valence-electron chi connectivity index (χ1n) is 12.0. The summed E-state index contributed by atoms with van der Waals surface area (Å²) in [5.74, 6) is 1.78. The van der Waals surface area contributed by atoms with Crippen molar-refractivity contribution in [2.45, 2.75) is 65.7 Å². The van der Waals surface area contributed by atoms with Crippen LogP contribution in [0.1, 0.15) is 69.9 Å². The summed E-state index contributed by atoms with van der Waals surface area (Å²) in [4.78, 5) is 23.4. The Bertz CT molecular complexity index is 843. The van der Waals surface area contributed by atoms with Gasteiger partial charge in [0, 0.05) is 38.6 Å². The lowest BCUT2D eigenvalue weighted by atomic mass is 9.94. The second-order valence-electron chi connectivity index (χ2n) is 8.92. The molecule has 1 aromatic carbocycles. The van der Waals surface area contributed by atoms with Gasteiger partial charge in [-0.15, -0.1) is 0 Å². The van der Waals surface area contributed by atoms with Gasteiger partial charge in [0.15, 0.2) is 5.11 Å². The third-order valence-corrected chi connectivity index (χ3v) is 6.07. The van der Waals surface area contributed by atoms with Crippen LogP contribution in [0.25, 0.3) is 0 Å². The summed E-state index contributed by atoms with van der Waals surface area (Å²) in [6.45, 7) is 11.0. The molecule has 2 amide bonds. The Kier molecular flexibility index (Phi) is 11.3. The Morgan fingerprint density at radius 2 is 2.03 bits per heavy atom. The summed E-state index contributed by atoms with van der Waals surface area (Å²) in [7, 11) is 1.80. The van der Waals surface area contributed by atoms with Crippen LogP contribution >= 0.6 is 12.2 Å². The van der Waals surface area contributed by atoms with Crippen molar-refractivity contribution in [3.8, 4) is 0 Å². The summed E-state index contributed by atoms with van der Waals surface area (Å²) in [6.07, 6.45) is 7.14. The first-order chi connectivity index (χ1) is 15.8. The SMILES string of the molecule is CCC/C=N\C(=N/C)N1CCC(CCNC(=O)NC(=S)Nc2cc(C)ccc2C(C)C)CC1. The molecule has 0 unspecified atom stereocenters. The first-order valence-corrected chi connectivity index (χ1v) is 12.5. The number of piperidine rings is 1. The molecule has 0 saturated carbocycles. The number of rotatable bonds is 7. The number of urea groups is 1. The number of likely N-dealkylation sites (tertiary alicyclic amines) is 1. The largest absolute Gasteiger partial charge is 0.341 e. The zero-order valence-corrected chi connectivity index (χ0v) is 21.6. The summed E-state index contributed by atoms with van der Waals surface area (Å²) < 4.78 is 0. The zero-order valence-electron chi connectivity index (χ0n) is 20.8. The van der Waals surface area contributed by atoms with Crippen molar-refractivity contribution in [2.24, 2.45) is 15.9 Å². The quantitative estimate of drug-likeness (QED) is 0.294. The van der Waals surface area contributed by atoms with Crippen LogP contribution in [0, 0.1) is 12.8 Å². The molecule has 0 bridgehead atoms. The normalized spacial score (nSPS) is 15.2. The Balaban J connectivity index is 1.71. The van der Waals surface area contributed by atoms with Gasteiger partial charge in [-0.1, -0.05) is 39.3 Å². The molecule has 0 aromatic heterocycles. The first kappa shape index (κ1) is 26.8. The second kappa shape index (κ2) is 13.9. The minimum atomic E-state index is -0.269. The van der Waals surface area contributed by atoms with Gasteiger partial charge in [-0.25, -0.2) is 9.79 Å². The average Bonchev–Trinajstić information content (AvgIpc) is 2.77. The predicted octanol–water partition coefficient (Wildman–Crippen LogP) is 5.07. The van der Waals surface area contributed by atoms with Gasteiger partial charge >= 0.3 is 6.03 Å². The number of guanidine groups is 1. The molecule has 0 aliphatic carbocycles. The predicted molar refractivity (Wildman–Crippen MR) is 144 cm³/mol. The summed E-state index contributed by atoms with van der Waals surface area (Å²) in [6, 6.07) is 5.97. The van der Waals surface area contributed by atoms with Gasteiger partial charge in [-0.3, -0.25) is 10.3 Å². The van der Waals surface area contributed by atoms with Gasteiger partial charge in [0.05, 0.1) is 0 Å². The molecule has 1 fully saturated rings. The van der Waals surface area contributed by atoms with Crippen molar-refractivity contribution < 1.29 is 4.79 Å². The highest BCUT2D eigenvalue weighted by atomic mass is 32.1. The third kappa shape index (κ3) is 9.12. The number of amides is 2. The molecule has 1 aliphatic rings. The number of carbonyl (C=O) groups excluding carboxylic acids is 1. The van der Waals surface area contributed by atoms with E-state index in [1.165, 1.54) is 5.56 Å². The van der Waals surface area contributed by atoms with Crippen molar-refractivity contribution in [3.63, 3.8) is 0 Å². The molecule has 2 rings (SSSR count). The zero-order chi connectivity index (χ0) is 24.2. The lowest BCUT2D eigenvalue weighted by Crippen LogP contribution is -2.43. The standard InChI is InChI=1S/C25H40N6OS/c1-6-7-13-27-23(26-5)31-15-11-20(12-16-31)10-14-28-24(32)30-25(33)29-22-17-19(4)8-9-21(22)18(2)3/h8-9,13,17-18,20H,6-7,10-12,14-16H2,1-5H3,(H3,28,29,30,32,33)/b26-23+,27-13-. The van der Waals surface area contributed by atoms with Crippen LogP contribution < -0.4 is 16.0 Å². The number of nitrogens with one attached hydrogen (secondary N) is 3. The number of nitrogens with zero attached hydrogens (tertiary/aromatic N) is 3. The van der Waals surface area contributed by atoms with E-state index in [2.05, 4.69) is 69.8 Å². The molecule has 0 spiro atoms. The van der Waals surface area contributed by atoms with Gasteiger partial charge < -0.3 is 15.5 Å². The molecule has 1 aromatic rings. The van der Waals surface area contributed by atoms with Gasteiger partial charge in [0.25, 0.3) is 0 Å². The van der Waals surface area contributed by atoms with E-state index in [4.69, 9.17) is 12.2 Å². The van der Waals surface area contributed by atoms with E-state index in [0.717, 1.165) is 62.4 Å². The van der Waals surface area contributed by atoms with Crippen molar-refractivity contribution in [3.05, 3.63) is 29.3 Å². The van der Waals surface area contributed by atoms with Crippen molar-refractivity contribution in [1.29, 1.82) is 0 Å². The van der Waals surface area contributed by atoms with Gasteiger partial charge in [-0.05, 0) is 73.9 Å². The molecule has 0 radical (unpaired) electrons. The van der Waals surface area contributed by atoms with E-state index < -0.39 is 0 Å². The van der Waals surface area contributed by atoms with Crippen LogP contribution in [0.15, 0.2) is 28.2 Å². The smallest absolute Gasteiger partial charge is 0.321 e. The fourth-order valence-corrected chi connectivity index (χ4v) is 4.15. The number of aryl methyl sites for hydroxylation is 1. The Hall–Kier alpha value is -2.48. The number of thiocarbonyl (C=S) groups is 1. The van der Waals surface area contributed by atoms with E-state index in [0.29, 0.717) is 23.5 Å². The van der Waals surface area contributed by atoms with Crippen LogP contribution in [0.3, 0.4) is 0 Å². The van der Waals surface area contributed by atoms with Crippen molar-refractivity contribution >= 4 is 41.2 Å². The highest BCUT2D eigenvalue weighted by Crippen LogP contribution is 2.25. The summed E-state index contributed by atoms with van der Waals surface area (Å²) in [5.41, 5.74) is 3.25. The maximum atomic E-state index is 12.3. The molecule has 182 valence electrons. The van der Waals surface area contributed by atoms with Gasteiger partial charge in [-0.2, -0.15) is 0 Å². The monoisotopic (exact) mass is 472 g/mol. The Morgan fingerprint density at radius 1 is 1.30 bits per heavy atom. The second-order valence-corrected chi connectivity index (χ2v) is 9.33. The Labute approximate surface area is 204 Å². The number of hydrogen-bond acceptors (Lipinski definition) is 3. The van der Waals surface area contributed by atoms with Gasteiger partial charge in [0.1, 0.15) is 0 Å². The van der Waals surface area contributed by atoms with E-state index in [-0.39, 0.29) is 6.03 Å². The molecular formula is C25H40N6OS. The van der Waals surface area contributed by atoms with E-state index in [1.807, 2.05) is 13.1 Å². The molecule has 1 heterocycles. The third-order valence-electron chi connectivity index (χ3n) is 5.87. The number of anilines is 1. The molecule has 1 aliphatic heterocycles. The lowest BCUT2D eigenvalue weighted by Gasteiger charge is -2.32. The molecule has 33 heavy (non-hydrogen) atoms. The average molecular weight is 473 g/mol. The molecule has 1 saturated heterocycles. The van der Waals surface area contributed by atoms with Crippen LogP contribution in [0.4, 0.5) is 10.5 Å². The van der Waals surface area contributed by atoms with E-state index >= 15 is 0 Å². The minimum absolute atomic E-state index is 0.269. The minimum Gasteiger partial charge on any atom is -0.341 e. The Morgan fingerprint density at radius 3 is 2.67 bits per heavy atom. The molecular weight excluding hydrogens is 432 g/mol.